The van der Waals surface area contributed by atoms with E-state index in [4.69, 9.17) is 11.6 Å². The van der Waals surface area contributed by atoms with Crippen LogP contribution in [0.5, 0.6) is 0 Å². The van der Waals surface area contributed by atoms with Crippen LogP contribution < -0.4 is 5.32 Å². The van der Waals surface area contributed by atoms with Gasteiger partial charge in [-0.05, 0) is 19.1 Å². The van der Waals surface area contributed by atoms with Crippen LogP contribution in [-0.2, 0) is 7.05 Å². The van der Waals surface area contributed by atoms with Crippen LogP contribution in [0.4, 0.5) is 4.39 Å². The Balaban J connectivity index is 1.91. The number of aryl methyl sites for hydroxylation is 1. The van der Waals surface area contributed by atoms with Crippen LogP contribution in [0.25, 0.3) is 10.1 Å². The number of amides is 1. The largest absolute Gasteiger partial charge is 0.342 e. The highest BCUT2D eigenvalue weighted by molar-refractivity contribution is 7.21. The molecule has 0 aliphatic heterocycles. The van der Waals surface area contributed by atoms with E-state index in [0.717, 1.165) is 11.3 Å². The number of carbonyl (C=O) groups excluding carboxylic acids is 1. The number of hydrogen-bond donors (Lipinski definition) is 1. The van der Waals surface area contributed by atoms with Gasteiger partial charge in [0, 0.05) is 17.1 Å². The summed E-state index contributed by atoms with van der Waals surface area (Å²) in [5.74, 6) is -0.169. The molecule has 3 rings (SSSR count). The van der Waals surface area contributed by atoms with E-state index < -0.39 is 5.82 Å². The number of nitrogens with zero attached hydrogens (tertiary/aromatic N) is 3. The fraction of sp³-hybridized carbons (Fsp3) is 0.214. The average Bonchev–Trinajstić information content (AvgIpc) is 3.03. The molecule has 0 bridgehead atoms. The van der Waals surface area contributed by atoms with Gasteiger partial charge in [0.2, 0.25) is 0 Å². The first-order valence-electron chi connectivity index (χ1n) is 6.50. The van der Waals surface area contributed by atoms with Crippen molar-refractivity contribution < 1.29 is 9.18 Å². The fourth-order valence-electron chi connectivity index (χ4n) is 2.23. The molecule has 114 valence electrons. The minimum Gasteiger partial charge on any atom is -0.342 e. The maximum absolute atomic E-state index is 13.8. The quantitative estimate of drug-likeness (QED) is 0.797. The molecule has 2 heterocycles. The lowest BCUT2D eigenvalue weighted by Gasteiger charge is -2.12. The van der Waals surface area contributed by atoms with Gasteiger partial charge in [-0.2, -0.15) is 0 Å². The Morgan fingerprint density at radius 3 is 2.91 bits per heavy atom. The molecule has 0 saturated heterocycles. The molecule has 0 saturated carbocycles. The van der Waals surface area contributed by atoms with Crippen LogP contribution in [0, 0.1) is 5.82 Å². The number of thiophene rings is 1. The normalized spacial score (nSPS) is 12.5. The monoisotopic (exact) mass is 338 g/mol. The minimum absolute atomic E-state index is 0.140. The van der Waals surface area contributed by atoms with Gasteiger partial charge in [0.25, 0.3) is 5.91 Å². The Kier molecular flexibility index (Phi) is 3.84. The Bertz CT molecular complexity index is 860. The molecule has 3 aromatic rings. The summed E-state index contributed by atoms with van der Waals surface area (Å²) in [6.07, 6.45) is 1.56. The van der Waals surface area contributed by atoms with Crippen molar-refractivity contribution in [3.05, 3.63) is 46.1 Å². The third kappa shape index (κ3) is 2.46. The fourth-order valence-corrected chi connectivity index (χ4v) is 3.69. The molecule has 1 aromatic carbocycles. The van der Waals surface area contributed by atoms with Crippen molar-refractivity contribution in [2.24, 2.45) is 7.05 Å². The van der Waals surface area contributed by atoms with Gasteiger partial charge in [0.1, 0.15) is 17.0 Å². The molecule has 1 unspecified atom stereocenters. The van der Waals surface area contributed by atoms with Crippen LogP contribution in [0.3, 0.4) is 0 Å². The van der Waals surface area contributed by atoms with Crippen LogP contribution in [0.1, 0.15) is 28.5 Å². The Morgan fingerprint density at radius 1 is 1.50 bits per heavy atom. The van der Waals surface area contributed by atoms with E-state index >= 15 is 0 Å². The Hall–Kier alpha value is -1.99. The van der Waals surface area contributed by atoms with Crippen LogP contribution >= 0.6 is 22.9 Å². The Morgan fingerprint density at radius 2 is 2.27 bits per heavy atom. The molecule has 2 aromatic heterocycles. The highest BCUT2D eigenvalue weighted by atomic mass is 35.5. The van der Waals surface area contributed by atoms with Crippen molar-refractivity contribution in [2.45, 2.75) is 13.0 Å². The number of aromatic nitrogens is 3. The number of fused-ring (bicyclic) bond motifs is 1. The molecule has 22 heavy (non-hydrogen) atoms. The van der Waals surface area contributed by atoms with Crippen LogP contribution in [0.2, 0.25) is 5.02 Å². The molecule has 0 radical (unpaired) electrons. The summed E-state index contributed by atoms with van der Waals surface area (Å²) in [6, 6.07) is 4.31. The number of hydrogen-bond acceptors (Lipinski definition) is 4. The number of rotatable bonds is 3. The van der Waals surface area contributed by atoms with Gasteiger partial charge in [-0.1, -0.05) is 17.7 Å². The van der Waals surface area contributed by atoms with E-state index in [0.29, 0.717) is 10.5 Å². The number of nitrogens with one attached hydrogen (secondary N) is 1. The van der Waals surface area contributed by atoms with Gasteiger partial charge in [-0.25, -0.2) is 4.39 Å². The number of benzene rings is 1. The highest BCUT2D eigenvalue weighted by Crippen LogP contribution is 2.37. The molecule has 8 heteroatoms. The van der Waals surface area contributed by atoms with E-state index in [1.165, 1.54) is 6.07 Å². The number of carbonyl (C=O) groups is 1. The van der Waals surface area contributed by atoms with Crippen molar-refractivity contribution in [1.82, 2.24) is 20.1 Å². The Labute approximate surface area is 134 Å². The smallest absolute Gasteiger partial charge is 0.263 e. The summed E-state index contributed by atoms with van der Waals surface area (Å²) in [6.45, 7) is 1.80. The zero-order valence-corrected chi connectivity index (χ0v) is 13.4. The molecule has 0 fully saturated rings. The van der Waals surface area contributed by atoms with Crippen molar-refractivity contribution >= 4 is 38.9 Å². The third-order valence-corrected chi connectivity index (χ3v) is 4.94. The summed E-state index contributed by atoms with van der Waals surface area (Å²) < 4.78 is 16.2. The van der Waals surface area contributed by atoms with E-state index in [-0.39, 0.29) is 27.2 Å². The second-order valence-electron chi connectivity index (χ2n) is 4.85. The van der Waals surface area contributed by atoms with E-state index in [9.17, 15) is 9.18 Å². The van der Waals surface area contributed by atoms with Crippen LogP contribution in [-0.4, -0.2) is 20.7 Å². The summed E-state index contributed by atoms with van der Waals surface area (Å²) in [7, 11) is 1.79. The molecule has 0 aliphatic rings. The molecule has 1 N–H and O–H groups in total. The predicted molar refractivity (Wildman–Crippen MR) is 83.7 cm³/mol. The second kappa shape index (κ2) is 5.66. The topological polar surface area (TPSA) is 59.8 Å². The summed E-state index contributed by atoms with van der Waals surface area (Å²) in [5, 5.41) is 11.0. The molecular formula is C14H12ClFN4OS. The summed E-state index contributed by atoms with van der Waals surface area (Å²) >= 11 is 7.34. The standard InChI is InChI=1S/C14H12ClFN4OS/c1-7(13-19-17-6-20(13)2)18-14(21)12-11(15)10-8(16)4-3-5-9(10)22-12/h3-7H,1-2H3,(H,18,21). The van der Waals surface area contributed by atoms with Gasteiger partial charge < -0.3 is 9.88 Å². The van der Waals surface area contributed by atoms with Crippen molar-refractivity contribution in [3.8, 4) is 0 Å². The molecule has 0 aliphatic carbocycles. The van der Waals surface area contributed by atoms with Crippen molar-refractivity contribution in [2.75, 3.05) is 0 Å². The SMILES string of the molecule is CC(NC(=O)c1sc2cccc(F)c2c1Cl)c1nncn1C. The molecular weight excluding hydrogens is 327 g/mol. The molecule has 0 spiro atoms. The lowest BCUT2D eigenvalue weighted by Crippen LogP contribution is -2.28. The van der Waals surface area contributed by atoms with Gasteiger partial charge in [-0.3, -0.25) is 4.79 Å². The zero-order valence-electron chi connectivity index (χ0n) is 11.8. The lowest BCUT2D eigenvalue weighted by atomic mass is 10.2. The van der Waals surface area contributed by atoms with Gasteiger partial charge in [0.15, 0.2) is 5.82 Å². The molecule has 1 atom stereocenters. The van der Waals surface area contributed by atoms with Crippen molar-refractivity contribution in [1.29, 1.82) is 0 Å². The predicted octanol–water partition coefficient (Wildman–Crippen LogP) is 3.31. The maximum Gasteiger partial charge on any atom is 0.263 e. The summed E-state index contributed by atoms with van der Waals surface area (Å²) in [4.78, 5) is 12.7. The van der Waals surface area contributed by atoms with E-state index in [2.05, 4.69) is 15.5 Å². The highest BCUT2D eigenvalue weighted by Gasteiger charge is 2.22. The maximum atomic E-state index is 13.8. The van der Waals surface area contributed by atoms with Crippen molar-refractivity contribution in [3.63, 3.8) is 0 Å². The van der Waals surface area contributed by atoms with Gasteiger partial charge in [-0.15, -0.1) is 21.5 Å². The minimum atomic E-state index is -0.431. The first-order valence-corrected chi connectivity index (χ1v) is 7.69. The third-order valence-electron chi connectivity index (χ3n) is 3.29. The average molecular weight is 339 g/mol. The lowest BCUT2D eigenvalue weighted by molar-refractivity contribution is 0.0942. The summed E-state index contributed by atoms with van der Waals surface area (Å²) in [5.41, 5.74) is 0. The second-order valence-corrected chi connectivity index (χ2v) is 6.28. The first kappa shape index (κ1) is 14.9. The van der Waals surface area contributed by atoms with E-state index in [1.807, 2.05) is 0 Å². The number of halogens is 2. The first-order chi connectivity index (χ1) is 10.5. The molecule has 5 nitrogen and oxygen atoms in total. The van der Waals surface area contributed by atoms with Gasteiger partial charge >= 0.3 is 0 Å². The zero-order chi connectivity index (χ0) is 15.9. The van der Waals surface area contributed by atoms with Crippen LogP contribution in [0.15, 0.2) is 24.5 Å². The molecule has 1 amide bonds. The van der Waals surface area contributed by atoms with E-state index in [1.54, 1.807) is 37.0 Å². The van der Waals surface area contributed by atoms with Gasteiger partial charge in [0.05, 0.1) is 11.1 Å².